The summed E-state index contributed by atoms with van der Waals surface area (Å²) in [5, 5.41) is 3.24. The van der Waals surface area contributed by atoms with Gasteiger partial charge in [0.2, 0.25) is 0 Å². The molecule has 1 rings (SSSR count). The highest BCUT2D eigenvalue weighted by Gasteiger charge is 2.16. The SMILES string of the molecule is [CH]CC(=O)C1CCCCCCN1. The first-order valence-corrected chi connectivity index (χ1v) is 4.81. The molecule has 2 radical (unpaired) electrons. The summed E-state index contributed by atoms with van der Waals surface area (Å²) >= 11 is 0. The predicted molar refractivity (Wildman–Crippen MR) is 48.8 cm³/mol. The third-order valence-electron chi connectivity index (χ3n) is 2.40. The van der Waals surface area contributed by atoms with Crippen molar-refractivity contribution in [2.45, 2.75) is 44.6 Å². The largest absolute Gasteiger partial charge is 0.307 e. The first-order chi connectivity index (χ1) is 5.84. The molecule has 1 aliphatic heterocycles. The van der Waals surface area contributed by atoms with Crippen molar-refractivity contribution in [3.05, 3.63) is 6.92 Å². The van der Waals surface area contributed by atoms with Gasteiger partial charge in [-0.2, -0.15) is 0 Å². The molecule has 0 bridgehead atoms. The maximum atomic E-state index is 11.2. The van der Waals surface area contributed by atoms with Crippen LogP contribution in [0, 0.1) is 6.92 Å². The number of hydrogen-bond acceptors (Lipinski definition) is 2. The summed E-state index contributed by atoms with van der Waals surface area (Å²) < 4.78 is 0. The highest BCUT2D eigenvalue weighted by atomic mass is 16.1. The van der Waals surface area contributed by atoms with Crippen molar-refractivity contribution >= 4 is 5.78 Å². The molecule has 1 unspecified atom stereocenters. The molecule has 0 amide bonds. The van der Waals surface area contributed by atoms with Gasteiger partial charge < -0.3 is 5.32 Å². The number of rotatable bonds is 2. The summed E-state index contributed by atoms with van der Waals surface area (Å²) in [5.74, 6) is 0.164. The third-order valence-corrected chi connectivity index (χ3v) is 2.40. The zero-order chi connectivity index (χ0) is 8.81. The van der Waals surface area contributed by atoms with Crippen molar-refractivity contribution in [3.8, 4) is 0 Å². The lowest BCUT2D eigenvalue weighted by molar-refractivity contribution is -0.120. The topological polar surface area (TPSA) is 29.1 Å². The van der Waals surface area contributed by atoms with Crippen molar-refractivity contribution < 1.29 is 4.79 Å². The van der Waals surface area contributed by atoms with Crippen molar-refractivity contribution in [1.82, 2.24) is 5.32 Å². The van der Waals surface area contributed by atoms with Crippen molar-refractivity contribution in [1.29, 1.82) is 0 Å². The van der Waals surface area contributed by atoms with Crippen LogP contribution in [-0.2, 0) is 4.79 Å². The first kappa shape index (κ1) is 9.72. The Hall–Kier alpha value is -0.370. The van der Waals surface area contributed by atoms with Gasteiger partial charge in [0.15, 0.2) is 0 Å². The molecule has 0 aromatic carbocycles. The van der Waals surface area contributed by atoms with Crippen molar-refractivity contribution in [2.75, 3.05) is 6.54 Å². The van der Waals surface area contributed by atoms with Gasteiger partial charge in [-0.3, -0.25) is 4.79 Å². The second-order valence-corrected chi connectivity index (χ2v) is 3.38. The average molecular weight is 167 g/mol. The summed E-state index contributed by atoms with van der Waals surface area (Å²) in [6.45, 7) is 6.27. The molecule has 0 aromatic heterocycles. The van der Waals surface area contributed by atoms with Crippen LogP contribution in [0.4, 0.5) is 0 Å². The summed E-state index contributed by atoms with van der Waals surface area (Å²) in [5.41, 5.74) is 0. The van der Waals surface area contributed by atoms with E-state index in [4.69, 9.17) is 6.92 Å². The molecule has 1 atom stereocenters. The quantitative estimate of drug-likeness (QED) is 0.676. The lowest BCUT2D eigenvalue weighted by Gasteiger charge is -2.19. The van der Waals surface area contributed by atoms with Gasteiger partial charge in [-0.25, -0.2) is 0 Å². The molecule has 12 heavy (non-hydrogen) atoms. The molecule has 1 aliphatic rings. The van der Waals surface area contributed by atoms with Gasteiger partial charge in [0.25, 0.3) is 0 Å². The van der Waals surface area contributed by atoms with Crippen LogP contribution in [0.15, 0.2) is 0 Å². The maximum absolute atomic E-state index is 11.2. The van der Waals surface area contributed by atoms with Crippen LogP contribution < -0.4 is 5.32 Å². The molecule has 1 heterocycles. The van der Waals surface area contributed by atoms with E-state index >= 15 is 0 Å². The van der Waals surface area contributed by atoms with Crippen LogP contribution >= 0.6 is 0 Å². The van der Waals surface area contributed by atoms with Crippen LogP contribution in [0.2, 0.25) is 0 Å². The van der Waals surface area contributed by atoms with Gasteiger partial charge >= 0.3 is 0 Å². The molecule has 1 N–H and O–H groups in total. The molecule has 0 aromatic rings. The Labute approximate surface area is 74.7 Å². The van der Waals surface area contributed by atoms with E-state index in [1.54, 1.807) is 0 Å². The number of nitrogens with one attached hydrogen (secondary N) is 1. The summed E-state index contributed by atoms with van der Waals surface area (Å²) in [6.07, 6.45) is 6.04. The van der Waals surface area contributed by atoms with E-state index in [0.29, 0.717) is 0 Å². The lowest BCUT2D eigenvalue weighted by Crippen LogP contribution is -2.37. The molecule has 68 valence electrons. The van der Waals surface area contributed by atoms with Gasteiger partial charge in [0.1, 0.15) is 5.78 Å². The molecule has 0 saturated carbocycles. The van der Waals surface area contributed by atoms with Crippen LogP contribution in [0.1, 0.15) is 38.5 Å². The normalized spacial score (nSPS) is 25.9. The molecule has 2 nitrogen and oxygen atoms in total. The van der Waals surface area contributed by atoms with Crippen molar-refractivity contribution in [2.24, 2.45) is 0 Å². The number of Topliss-reactive ketones (excluding diaryl/α,β-unsaturated/α-hetero) is 1. The van der Waals surface area contributed by atoms with E-state index in [-0.39, 0.29) is 18.2 Å². The van der Waals surface area contributed by atoms with E-state index in [0.717, 1.165) is 19.4 Å². The molecular weight excluding hydrogens is 150 g/mol. The van der Waals surface area contributed by atoms with Gasteiger partial charge in [-0.05, 0) is 26.3 Å². The minimum absolute atomic E-state index is 0.0373. The van der Waals surface area contributed by atoms with Gasteiger partial charge in [-0.1, -0.05) is 19.3 Å². The van der Waals surface area contributed by atoms with Crippen LogP contribution in [0.3, 0.4) is 0 Å². The first-order valence-electron chi connectivity index (χ1n) is 4.81. The van der Waals surface area contributed by atoms with Gasteiger partial charge in [0.05, 0.1) is 6.04 Å². The highest BCUT2D eigenvalue weighted by Crippen LogP contribution is 2.10. The molecule has 0 spiro atoms. The maximum Gasteiger partial charge on any atom is 0.150 e. The summed E-state index contributed by atoms with van der Waals surface area (Å²) in [4.78, 5) is 11.2. The standard InChI is InChI=1S/C10H17NO/c1-2-10(12)9-7-5-3-4-6-8-11-9/h1,9,11H,2-8H2. The Morgan fingerprint density at radius 2 is 2.08 bits per heavy atom. The second-order valence-electron chi connectivity index (χ2n) is 3.38. The molecule has 1 saturated heterocycles. The van der Waals surface area contributed by atoms with Gasteiger partial charge in [0, 0.05) is 6.42 Å². The van der Waals surface area contributed by atoms with E-state index in [1.807, 2.05) is 0 Å². The van der Waals surface area contributed by atoms with Crippen LogP contribution in [-0.4, -0.2) is 18.4 Å². The number of hydrogen-bond donors (Lipinski definition) is 1. The monoisotopic (exact) mass is 167 g/mol. The Kier molecular flexibility index (Phi) is 4.30. The van der Waals surface area contributed by atoms with Crippen LogP contribution in [0.25, 0.3) is 0 Å². The molecular formula is C10H17NO. The fraction of sp³-hybridized carbons (Fsp3) is 0.800. The predicted octanol–water partition coefficient (Wildman–Crippen LogP) is 1.58. The van der Waals surface area contributed by atoms with Gasteiger partial charge in [-0.15, -0.1) is 0 Å². The Bertz CT molecular complexity index is 137. The van der Waals surface area contributed by atoms with E-state index < -0.39 is 0 Å². The number of carbonyl (C=O) groups is 1. The molecule has 0 aliphatic carbocycles. The zero-order valence-electron chi connectivity index (χ0n) is 7.51. The number of ketones is 1. The van der Waals surface area contributed by atoms with Crippen molar-refractivity contribution in [3.63, 3.8) is 0 Å². The fourth-order valence-corrected chi connectivity index (χ4v) is 1.62. The van der Waals surface area contributed by atoms with E-state index in [9.17, 15) is 4.79 Å². The average Bonchev–Trinajstić information content (AvgIpc) is 2.02. The number of carbonyl (C=O) groups excluding carboxylic acids is 1. The Morgan fingerprint density at radius 1 is 1.33 bits per heavy atom. The summed E-state index contributed by atoms with van der Waals surface area (Å²) in [6, 6.07) is 0.0373. The van der Waals surface area contributed by atoms with E-state index in [2.05, 4.69) is 5.32 Å². The minimum atomic E-state index is 0.0373. The molecule has 1 fully saturated rings. The lowest BCUT2D eigenvalue weighted by atomic mass is 10.00. The smallest absolute Gasteiger partial charge is 0.150 e. The Morgan fingerprint density at radius 3 is 2.83 bits per heavy atom. The zero-order valence-corrected chi connectivity index (χ0v) is 7.51. The summed E-state index contributed by atoms with van der Waals surface area (Å²) in [7, 11) is 0. The molecule has 2 heteroatoms. The van der Waals surface area contributed by atoms with Crippen LogP contribution in [0.5, 0.6) is 0 Å². The highest BCUT2D eigenvalue weighted by molar-refractivity contribution is 5.84. The third kappa shape index (κ3) is 2.94. The Balaban J connectivity index is 2.34. The van der Waals surface area contributed by atoms with E-state index in [1.165, 1.54) is 19.3 Å². The minimum Gasteiger partial charge on any atom is -0.307 e. The fourth-order valence-electron chi connectivity index (χ4n) is 1.62. The second kappa shape index (κ2) is 5.31.